The second-order valence-electron chi connectivity index (χ2n) is 8.31. The lowest BCUT2D eigenvalue weighted by Gasteiger charge is -2.22. The van der Waals surface area contributed by atoms with Gasteiger partial charge < -0.3 is 10.4 Å². The van der Waals surface area contributed by atoms with Crippen molar-refractivity contribution in [2.75, 3.05) is 0 Å². The van der Waals surface area contributed by atoms with Gasteiger partial charge in [-0.2, -0.15) is 0 Å². The van der Waals surface area contributed by atoms with Crippen LogP contribution >= 0.6 is 11.3 Å². The van der Waals surface area contributed by atoms with Crippen LogP contribution < -0.4 is 5.48 Å². The number of oxime groups is 1. The first-order valence-electron chi connectivity index (χ1n) is 9.89. The fourth-order valence-corrected chi connectivity index (χ4v) is 6.57. The SMILES string of the molecule is CC(C/C(=N\O)c1ccc2c(c1)C(C)(C)c1cc(S(=O)(=O)c3cccs3)ccc1-2)NO. The van der Waals surface area contributed by atoms with E-state index in [1.165, 1.54) is 11.3 Å². The van der Waals surface area contributed by atoms with Crippen molar-refractivity contribution in [3.63, 3.8) is 0 Å². The van der Waals surface area contributed by atoms with Crippen molar-refractivity contribution < 1.29 is 18.8 Å². The smallest absolute Gasteiger partial charge is 0.215 e. The molecule has 1 atom stereocenters. The van der Waals surface area contributed by atoms with Crippen molar-refractivity contribution in [3.05, 3.63) is 70.6 Å². The van der Waals surface area contributed by atoms with Crippen LogP contribution in [-0.2, 0) is 15.3 Å². The first-order valence-corrected chi connectivity index (χ1v) is 12.3. The molecule has 2 aromatic carbocycles. The summed E-state index contributed by atoms with van der Waals surface area (Å²) in [6, 6.07) is 14.3. The van der Waals surface area contributed by atoms with Gasteiger partial charge in [0.05, 0.1) is 10.6 Å². The second-order valence-corrected chi connectivity index (χ2v) is 11.4. The minimum atomic E-state index is -3.56. The first kappa shape index (κ1) is 21.7. The summed E-state index contributed by atoms with van der Waals surface area (Å²) in [5.41, 5.74) is 6.99. The molecule has 0 amide bonds. The maximum atomic E-state index is 13.0. The van der Waals surface area contributed by atoms with Gasteiger partial charge in [-0.1, -0.05) is 43.3 Å². The Morgan fingerprint density at radius 1 is 1.13 bits per heavy atom. The molecule has 31 heavy (non-hydrogen) atoms. The van der Waals surface area contributed by atoms with Gasteiger partial charge in [0.25, 0.3) is 0 Å². The molecule has 162 valence electrons. The summed E-state index contributed by atoms with van der Waals surface area (Å²) in [5, 5.41) is 23.8. The molecule has 0 aliphatic heterocycles. The Morgan fingerprint density at radius 3 is 2.42 bits per heavy atom. The number of sulfone groups is 1. The van der Waals surface area contributed by atoms with Crippen molar-refractivity contribution in [3.8, 4) is 11.1 Å². The summed E-state index contributed by atoms with van der Waals surface area (Å²) < 4.78 is 26.4. The zero-order valence-electron chi connectivity index (χ0n) is 17.5. The fraction of sp³-hybridized carbons (Fsp3) is 0.261. The summed E-state index contributed by atoms with van der Waals surface area (Å²) >= 11 is 1.21. The van der Waals surface area contributed by atoms with Crippen molar-refractivity contribution in [2.24, 2.45) is 5.16 Å². The lowest BCUT2D eigenvalue weighted by atomic mass is 9.81. The van der Waals surface area contributed by atoms with Gasteiger partial charge in [0.2, 0.25) is 9.84 Å². The molecule has 0 saturated carbocycles. The van der Waals surface area contributed by atoms with E-state index in [4.69, 9.17) is 5.21 Å². The maximum Gasteiger partial charge on any atom is 0.215 e. The van der Waals surface area contributed by atoms with E-state index in [0.29, 0.717) is 16.3 Å². The predicted molar refractivity (Wildman–Crippen MR) is 121 cm³/mol. The largest absolute Gasteiger partial charge is 0.411 e. The van der Waals surface area contributed by atoms with E-state index in [0.717, 1.165) is 27.8 Å². The molecule has 0 bridgehead atoms. The molecule has 6 nitrogen and oxygen atoms in total. The number of fused-ring (bicyclic) bond motifs is 3. The molecule has 0 radical (unpaired) electrons. The van der Waals surface area contributed by atoms with Crippen LogP contribution in [0, 0.1) is 0 Å². The Balaban J connectivity index is 1.78. The molecule has 1 unspecified atom stereocenters. The summed E-state index contributed by atoms with van der Waals surface area (Å²) in [5.74, 6) is 0. The van der Waals surface area contributed by atoms with Crippen LogP contribution in [0.15, 0.2) is 68.2 Å². The highest BCUT2D eigenvalue weighted by molar-refractivity contribution is 7.93. The molecule has 8 heteroatoms. The molecule has 3 N–H and O–H groups in total. The number of nitrogens with zero attached hydrogens (tertiary/aromatic N) is 1. The number of hydrogen-bond acceptors (Lipinski definition) is 7. The van der Waals surface area contributed by atoms with E-state index in [1.54, 1.807) is 36.6 Å². The number of nitrogens with one attached hydrogen (secondary N) is 1. The second kappa shape index (κ2) is 7.87. The van der Waals surface area contributed by atoms with Crippen molar-refractivity contribution in [1.82, 2.24) is 5.48 Å². The third-order valence-corrected chi connectivity index (χ3v) is 9.04. The van der Waals surface area contributed by atoms with E-state index in [2.05, 4.69) is 24.5 Å². The summed E-state index contributed by atoms with van der Waals surface area (Å²) in [7, 11) is -3.56. The number of thiophene rings is 1. The van der Waals surface area contributed by atoms with Crippen LogP contribution in [0.5, 0.6) is 0 Å². The molecule has 0 fully saturated rings. The molecule has 1 heterocycles. The predicted octanol–water partition coefficient (Wildman–Crippen LogP) is 4.82. The molecule has 0 spiro atoms. The normalized spacial score (nSPS) is 16.1. The monoisotopic (exact) mass is 456 g/mol. The Kier molecular flexibility index (Phi) is 5.51. The molecule has 1 aromatic heterocycles. The van der Waals surface area contributed by atoms with Crippen molar-refractivity contribution in [2.45, 2.75) is 47.8 Å². The topological polar surface area (TPSA) is 99.0 Å². The molecule has 4 rings (SSSR count). The molecule has 1 aliphatic carbocycles. The zero-order chi connectivity index (χ0) is 22.4. The van der Waals surface area contributed by atoms with Gasteiger partial charge in [-0.05, 0) is 64.4 Å². The van der Waals surface area contributed by atoms with Crippen LogP contribution in [0.3, 0.4) is 0 Å². The highest BCUT2D eigenvalue weighted by atomic mass is 32.2. The fourth-order valence-electron chi connectivity index (χ4n) is 4.15. The zero-order valence-corrected chi connectivity index (χ0v) is 19.1. The van der Waals surface area contributed by atoms with Gasteiger partial charge in [0.15, 0.2) is 0 Å². The van der Waals surface area contributed by atoms with Crippen LogP contribution in [-0.4, -0.2) is 30.6 Å². The average Bonchev–Trinajstić information content (AvgIpc) is 3.38. The third kappa shape index (κ3) is 3.59. The van der Waals surface area contributed by atoms with E-state index in [9.17, 15) is 13.6 Å². The van der Waals surface area contributed by atoms with E-state index in [1.807, 2.05) is 24.3 Å². The van der Waals surface area contributed by atoms with Crippen molar-refractivity contribution >= 4 is 26.9 Å². The molecule has 1 aliphatic rings. The van der Waals surface area contributed by atoms with Crippen molar-refractivity contribution in [1.29, 1.82) is 0 Å². The molecule has 0 saturated heterocycles. The Labute approximate surface area is 185 Å². The molecular formula is C23H24N2O4S2. The number of benzene rings is 2. The van der Waals surface area contributed by atoms with Crippen LogP contribution in [0.2, 0.25) is 0 Å². The lowest BCUT2D eigenvalue weighted by molar-refractivity contribution is 0.135. The van der Waals surface area contributed by atoms with E-state index >= 15 is 0 Å². The Hall–Kier alpha value is -2.52. The summed E-state index contributed by atoms with van der Waals surface area (Å²) in [6.07, 6.45) is 0.350. The Morgan fingerprint density at radius 2 is 1.81 bits per heavy atom. The highest BCUT2D eigenvalue weighted by Crippen LogP contribution is 2.49. The number of rotatable bonds is 6. The minimum Gasteiger partial charge on any atom is -0.411 e. The molecule has 3 aromatic rings. The van der Waals surface area contributed by atoms with Crippen LogP contribution in [0.1, 0.15) is 43.9 Å². The van der Waals surface area contributed by atoms with Gasteiger partial charge in [0, 0.05) is 17.9 Å². The van der Waals surface area contributed by atoms with Gasteiger partial charge in [-0.15, -0.1) is 11.3 Å². The average molecular weight is 457 g/mol. The first-order chi connectivity index (χ1) is 14.7. The highest BCUT2D eigenvalue weighted by Gasteiger charge is 2.37. The number of hydrogen-bond donors (Lipinski definition) is 3. The molecular weight excluding hydrogens is 432 g/mol. The number of hydroxylamine groups is 1. The minimum absolute atomic E-state index is 0.269. The summed E-state index contributed by atoms with van der Waals surface area (Å²) in [4.78, 5) is 0.287. The van der Waals surface area contributed by atoms with Gasteiger partial charge >= 0.3 is 0 Å². The third-order valence-electron chi connectivity index (χ3n) is 5.89. The van der Waals surface area contributed by atoms with E-state index < -0.39 is 15.3 Å². The quantitative estimate of drug-likeness (QED) is 0.280. The van der Waals surface area contributed by atoms with Crippen LogP contribution in [0.25, 0.3) is 11.1 Å². The summed E-state index contributed by atoms with van der Waals surface area (Å²) in [6.45, 7) is 5.92. The van der Waals surface area contributed by atoms with Crippen LogP contribution in [0.4, 0.5) is 0 Å². The van der Waals surface area contributed by atoms with Gasteiger partial charge in [-0.25, -0.2) is 13.9 Å². The Bertz CT molecular complexity index is 1260. The lowest BCUT2D eigenvalue weighted by Crippen LogP contribution is -2.25. The van der Waals surface area contributed by atoms with Gasteiger partial charge in [0.1, 0.15) is 4.21 Å². The van der Waals surface area contributed by atoms with Gasteiger partial charge in [-0.3, -0.25) is 0 Å². The van der Waals surface area contributed by atoms with E-state index in [-0.39, 0.29) is 10.9 Å². The maximum absolute atomic E-state index is 13.0. The standard InChI is InChI=1S/C23H24N2O4S2/c1-14(24-26)11-21(25-27)15-6-8-17-18-9-7-16(31(28,29)22-5-4-10-30-22)13-20(18)23(2,3)19(17)12-15/h4-10,12-14,24,26-27H,11H2,1-3H3/b25-21+.